The lowest BCUT2D eigenvalue weighted by molar-refractivity contribution is -0.139. The second-order valence-corrected chi connectivity index (χ2v) is 17.3. The SMILES string of the molecule is C=C(C)C(=O)OCCCc1cc(-c2ccc(-c3ccc(C4CCC(CCCCC)CC4)cc3)c(CC)c2)cc(CCCOC(=O)C(=C)C)c1OCCC(O)(CO)CCCC. The fourth-order valence-corrected chi connectivity index (χ4v) is 8.46. The standard InChI is InChI=1S/C53H74O7/c1-8-11-13-16-40-19-21-42(22-20-40)43-23-25-44(26-24-43)49-28-27-45(34-41(49)10-3)48-35-46(17-14-31-59-51(55)38(4)5)50(58-33-30-53(57,37-54)29-12-9-2)47(36-48)18-15-32-60-52(56)39(6)7/h23-28,34-36,40,42,54,57H,4,6,8-22,29-33,37H2,1-3,5,7H3. The molecule has 0 saturated heterocycles. The second-order valence-electron chi connectivity index (χ2n) is 17.3. The van der Waals surface area contributed by atoms with Crippen LogP contribution in [0.2, 0.25) is 0 Å². The molecule has 4 rings (SSSR count). The molecule has 328 valence electrons. The summed E-state index contributed by atoms with van der Waals surface area (Å²) in [5.41, 5.74) is 8.75. The van der Waals surface area contributed by atoms with Crippen LogP contribution in [0.15, 0.2) is 78.9 Å². The van der Waals surface area contributed by atoms with E-state index in [1.54, 1.807) is 13.8 Å². The van der Waals surface area contributed by atoms with Crippen LogP contribution in [0.1, 0.15) is 153 Å². The lowest BCUT2D eigenvalue weighted by atomic mass is 9.77. The van der Waals surface area contributed by atoms with Crippen LogP contribution in [0.3, 0.4) is 0 Å². The van der Waals surface area contributed by atoms with Gasteiger partial charge in [0.25, 0.3) is 0 Å². The van der Waals surface area contributed by atoms with Gasteiger partial charge < -0.3 is 24.4 Å². The van der Waals surface area contributed by atoms with E-state index in [0.29, 0.717) is 54.9 Å². The number of ether oxygens (including phenoxy) is 3. The smallest absolute Gasteiger partial charge is 0.333 e. The topological polar surface area (TPSA) is 102 Å². The van der Waals surface area contributed by atoms with Gasteiger partial charge in [0.2, 0.25) is 0 Å². The Balaban J connectivity index is 1.63. The van der Waals surface area contributed by atoms with Gasteiger partial charge in [0, 0.05) is 17.6 Å². The highest BCUT2D eigenvalue weighted by Gasteiger charge is 2.26. The first kappa shape index (κ1) is 48.5. The van der Waals surface area contributed by atoms with Gasteiger partial charge in [-0.3, -0.25) is 0 Å². The molecule has 0 radical (unpaired) electrons. The number of carbonyl (C=O) groups is 2. The van der Waals surface area contributed by atoms with Crippen LogP contribution in [-0.4, -0.2) is 54.2 Å². The molecule has 60 heavy (non-hydrogen) atoms. The average Bonchev–Trinajstić information content (AvgIpc) is 3.26. The summed E-state index contributed by atoms with van der Waals surface area (Å²) in [7, 11) is 0. The molecule has 7 heteroatoms. The molecule has 0 heterocycles. The Morgan fingerprint density at radius 3 is 1.78 bits per heavy atom. The normalized spacial score (nSPS) is 16.2. The summed E-state index contributed by atoms with van der Waals surface area (Å²) in [6, 6.07) is 20.4. The van der Waals surface area contributed by atoms with Crippen molar-refractivity contribution in [2.24, 2.45) is 5.92 Å². The lowest BCUT2D eigenvalue weighted by Crippen LogP contribution is -2.35. The van der Waals surface area contributed by atoms with E-state index >= 15 is 0 Å². The number of aliphatic hydroxyl groups is 2. The molecule has 3 aromatic rings. The van der Waals surface area contributed by atoms with Crippen molar-refractivity contribution in [3.05, 3.63) is 101 Å². The molecule has 2 N–H and O–H groups in total. The number of aryl methyl sites for hydroxylation is 3. The minimum atomic E-state index is -1.23. The zero-order valence-electron chi connectivity index (χ0n) is 37.5. The molecule has 1 aliphatic carbocycles. The summed E-state index contributed by atoms with van der Waals surface area (Å²) in [4.78, 5) is 24.4. The number of esters is 2. The third kappa shape index (κ3) is 14.8. The maximum Gasteiger partial charge on any atom is 0.333 e. The fraction of sp³-hybridized carbons (Fsp3) is 0.547. The average molecular weight is 823 g/mol. The molecule has 1 atom stereocenters. The lowest BCUT2D eigenvalue weighted by Gasteiger charge is -2.29. The molecular formula is C53H74O7. The summed E-state index contributed by atoms with van der Waals surface area (Å²) in [5.74, 6) is 1.44. The van der Waals surface area contributed by atoms with E-state index in [1.807, 2.05) is 0 Å². The Morgan fingerprint density at radius 2 is 1.25 bits per heavy atom. The minimum Gasteiger partial charge on any atom is -0.493 e. The first-order chi connectivity index (χ1) is 28.9. The van der Waals surface area contributed by atoms with E-state index < -0.39 is 17.5 Å². The van der Waals surface area contributed by atoms with Gasteiger partial charge >= 0.3 is 11.9 Å². The van der Waals surface area contributed by atoms with Crippen molar-refractivity contribution in [1.29, 1.82) is 0 Å². The van der Waals surface area contributed by atoms with Gasteiger partial charge in [0.05, 0.1) is 32.0 Å². The van der Waals surface area contributed by atoms with Crippen LogP contribution >= 0.6 is 0 Å². The van der Waals surface area contributed by atoms with E-state index in [9.17, 15) is 19.8 Å². The molecule has 0 aromatic heterocycles. The van der Waals surface area contributed by atoms with Crippen LogP contribution in [0, 0.1) is 5.92 Å². The van der Waals surface area contributed by atoms with Crippen molar-refractivity contribution in [2.75, 3.05) is 26.4 Å². The van der Waals surface area contributed by atoms with E-state index in [4.69, 9.17) is 14.2 Å². The van der Waals surface area contributed by atoms with Crippen LogP contribution in [-0.2, 0) is 38.3 Å². The predicted molar refractivity (Wildman–Crippen MR) is 245 cm³/mol. The molecule has 0 amide bonds. The van der Waals surface area contributed by atoms with Gasteiger partial charge in [-0.05, 0) is 147 Å². The van der Waals surface area contributed by atoms with Crippen LogP contribution in [0.25, 0.3) is 22.3 Å². The Hall–Kier alpha value is -4.20. The number of carbonyl (C=O) groups excluding carboxylic acids is 2. The Labute approximate surface area is 361 Å². The first-order valence-electron chi connectivity index (χ1n) is 22.9. The highest BCUT2D eigenvalue weighted by Crippen LogP contribution is 2.40. The largest absolute Gasteiger partial charge is 0.493 e. The summed E-state index contributed by atoms with van der Waals surface area (Å²) in [6.45, 7) is 17.6. The minimum absolute atomic E-state index is 0.212. The quantitative estimate of drug-likeness (QED) is 0.0472. The molecule has 0 aliphatic heterocycles. The van der Waals surface area contributed by atoms with Crippen molar-refractivity contribution in [3.63, 3.8) is 0 Å². The molecule has 1 saturated carbocycles. The number of rotatable bonds is 26. The fourth-order valence-electron chi connectivity index (χ4n) is 8.46. The molecule has 0 spiro atoms. The Morgan fingerprint density at radius 1 is 0.683 bits per heavy atom. The molecule has 1 unspecified atom stereocenters. The van der Waals surface area contributed by atoms with Gasteiger partial charge in [-0.2, -0.15) is 0 Å². The van der Waals surface area contributed by atoms with Crippen molar-refractivity contribution in [1.82, 2.24) is 0 Å². The third-order valence-corrected chi connectivity index (χ3v) is 12.3. The van der Waals surface area contributed by atoms with Crippen molar-refractivity contribution < 1.29 is 34.0 Å². The van der Waals surface area contributed by atoms with Crippen molar-refractivity contribution in [2.45, 2.75) is 155 Å². The molecule has 0 bridgehead atoms. The first-order valence-corrected chi connectivity index (χ1v) is 22.9. The summed E-state index contributed by atoms with van der Waals surface area (Å²) in [6.07, 6.45) is 16.4. The predicted octanol–water partition coefficient (Wildman–Crippen LogP) is 12.2. The number of benzene rings is 3. The van der Waals surface area contributed by atoms with Crippen LogP contribution < -0.4 is 4.74 Å². The molecule has 3 aromatic carbocycles. The maximum atomic E-state index is 12.2. The van der Waals surface area contributed by atoms with Gasteiger partial charge in [-0.15, -0.1) is 0 Å². The van der Waals surface area contributed by atoms with Gasteiger partial charge in [0.15, 0.2) is 0 Å². The van der Waals surface area contributed by atoms with Crippen LogP contribution in [0.4, 0.5) is 0 Å². The van der Waals surface area contributed by atoms with Gasteiger partial charge in [-0.25, -0.2) is 9.59 Å². The van der Waals surface area contributed by atoms with E-state index in [2.05, 4.69) is 88.5 Å². The maximum absolute atomic E-state index is 12.2. The number of hydrogen-bond acceptors (Lipinski definition) is 7. The van der Waals surface area contributed by atoms with Crippen molar-refractivity contribution in [3.8, 4) is 28.0 Å². The van der Waals surface area contributed by atoms with Gasteiger partial charge in [0.1, 0.15) is 5.75 Å². The number of unbranched alkanes of at least 4 members (excludes halogenated alkanes) is 3. The van der Waals surface area contributed by atoms with Crippen molar-refractivity contribution >= 4 is 11.9 Å². The third-order valence-electron chi connectivity index (χ3n) is 12.3. The highest BCUT2D eigenvalue weighted by molar-refractivity contribution is 5.87. The Kier molecular flexibility index (Phi) is 20.1. The van der Waals surface area contributed by atoms with E-state index in [1.165, 1.54) is 73.6 Å². The van der Waals surface area contributed by atoms with Gasteiger partial charge in [-0.1, -0.05) is 115 Å². The Bertz CT molecular complexity index is 1780. The van der Waals surface area contributed by atoms with E-state index in [-0.39, 0.29) is 32.8 Å². The zero-order chi connectivity index (χ0) is 43.5. The monoisotopic (exact) mass is 823 g/mol. The number of aliphatic hydroxyl groups excluding tert-OH is 1. The van der Waals surface area contributed by atoms with E-state index in [0.717, 1.165) is 47.4 Å². The molecule has 1 fully saturated rings. The highest BCUT2D eigenvalue weighted by atomic mass is 16.5. The van der Waals surface area contributed by atoms with Crippen LogP contribution in [0.5, 0.6) is 5.75 Å². The molecule has 7 nitrogen and oxygen atoms in total. The second kappa shape index (κ2) is 24.9. The molecule has 1 aliphatic rings. The number of hydrogen-bond donors (Lipinski definition) is 2. The summed E-state index contributed by atoms with van der Waals surface area (Å²) < 4.78 is 17.5. The summed E-state index contributed by atoms with van der Waals surface area (Å²) >= 11 is 0. The summed E-state index contributed by atoms with van der Waals surface area (Å²) in [5, 5.41) is 21.2. The zero-order valence-corrected chi connectivity index (χ0v) is 37.5. The molecular weight excluding hydrogens is 749 g/mol.